The molecule has 0 saturated heterocycles. The normalized spacial score (nSPS) is 16.2. The van der Waals surface area contributed by atoms with Crippen molar-refractivity contribution in [1.29, 1.82) is 0 Å². The number of benzene rings is 2. The first-order valence-corrected chi connectivity index (χ1v) is 7.83. The van der Waals surface area contributed by atoms with E-state index in [2.05, 4.69) is 5.32 Å². The van der Waals surface area contributed by atoms with Crippen LogP contribution in [-0.4, -0.2) is 17.0 Å². The molecular weight excluding hydrogens is 309 g/mol. The largest absolute Gasteiger partial charge is 0.481 e. The molecule has 0 spiro atoms. The predicted molar refractivity (Wildman–Crippen MR) is 88.4 cm³/mol. The Balaban J connectivity index is 1.76. The van der Waals surface area contributed by atoms with Gasteiger partial charge in [0.05, 0.1) is 11.3 Å². The Kier molecular flexibility index (Phi) is 4.09. The summed E-state index contributed by atoms with van der Waals surface area (Å²) in [5.41, 5.74) is 0.872. The summed E-state index contributed by atoms with van der Waals surface area (Å²) in [5.74, 6) is -2.10. The molecule has 0 aliphatic heterocycles. The quantitative estimate of drug-likeness (QED) is 0.880. The molecule has 3 rings (SSSR count). The molecule has 2 aromatic rings. The molecule has 1 amide bonds. The first-order valence-electron chi connectivity index (χ1n) is 7.83. The summed E-state index contributed by atoms with van der Waals surface area (Å²) in [6.07, 6.45) is 1.24. The predicted octanol–water partition coefficient (Wildman–Crippen LogP) is 3.68. The number of nitrogens with one attached hydrogen (secondary N) is 1. The smallest absolute Gasteiger partial charge is 0.310 e. The van der Waals surface area contributed by atoms with Crippen LogP contribution in [0, 0.1) is 5.82 Å². The van der Waals surface area contributed by atoms with Gasteiger partial charge in [-0.3, -0.25) is 9.59 Å². The van der Waals surface area contributed by atoms with E-state index in [4.69, 9.17) is 5.11 Å². The van der Waals surface area contributed by atoms with Gasteiger partial charge in [-0.05, 0) is 43.5 Å². The maximum atomic E-state index is 14.0. The van der Waals surface area contributed by atoms with Crippen molar-refractivity contribution in [3.8, 4) is 0 Å². The topological polar surface area (TPSA) is 66.4 Å². The Morgan fingerprint density at radius 2 is 1.75 bits per heavy atom. The number of carbonyl (C=O) groups is 2. The monoisotopic (exact) mass is 327 g/mol. The second kappa shape index (κ2) is 6.07. The van der Waals surface area contributed by atoms with Crippen molar-refractivity contribution in [1.82, 2.24) is 0 Å². The van der Waals surface area contributed by atoms with Gasteiger partial charge >= 0.3 is 5.97 Å². The van der Waals surface area contributed by atoms with Crippen LogP contribution < -0.4 is 5.32 Å². The third-order valence-corrected chi connectivity index (χ3v) is 4.61. The highest BCUT2D eigenvalue weighted by Gasteiger charge is 2.52. The number of aliphatic carboxylic acids is 1. The molecule has 1 aliphatic rings. The fourth-order valence-electron chi connectivity index (χ4n) is 2.84. The molecule has 1 saturated carbocycles. The molecule has 1 unspecified atom stereocenters. The molecule has 0 radical (unpaired) electrons. The molecule has 0 bridgehead atoms. The van der Waals surface area contributed by atoms with E-state index in [-0.39, 0.29) is 11.7 Å². The van der Waals surface area contributed by atoms with Gasteiger partial charge in [-0.2, -0.15) is 0 Å². The average Bonchev–Trinajstić information content (AvgIpc) is 3.37. The molecule has 124 valence electrons. The first-order chi connectivity index (χ1) is 11.4. The SMILES string of the molecule is CC(C(=O)O)c1ccc(NC(=O)C2(c3ccccc3F)CC2)cc1. The molecule has 1 atom stereocenters. The van der Waals surface area contributed by atoms with E-state index in [1.54, 1.807) is 49.4 Å². The zero-order chi connectivity index (χ0) is 17.3. The fourth-order valence-corrected chi connectivity index (χ4v) is 2.84. The minimum Gasteiger partial charge on any atom is -0.481 e. The lowest BCUT2D eigenvalue weighted by molar-refractivity contribution is -0.138. The lowest BCUT2D eigenvalue weighted by Gasteiger charge is -2.17. The second-order valence-corrected chi connectivity index (χ2v) is 6.20. The highest BCUT2D eigenvalue weighted by Crippen LogP contribution is 2.49. The minimum atomic E-state index is -0.900. The van der Waals surface area contributed by atoms with Crippen LogP contribution in [0.1, 0.15) is 36.8 Å². The van der Waals surface area contributed by atoms with Gasteiger partial charge in [0.25, 0.3) is 0 Å². The molecule has 2 N–H and O–H groups in total. The molecule has 0 heterocycles. The highest BCUT2D eigenvalue weighted by molar-refractivity contribution is 6.01. The lowest BCUT2D eigenvalue weighted by atomic mass is 9.94. The van der Waals surface area contributed by atoms with Crippen LogP contribution in [-0.2, 0) is 15.0 Å². The summed E-state index contributed by atoms with van der Waals surface area (Å²) in [5, 5.41) is 11.8. The molecule has 24 heavy (non-hydrogen) atoms. The van der Waals surface area contributed by atoms with E-state index < -0.39 is 17.3 Å². The number of carbonyl (C=O) groups excluding carboxylic acids is 1. The number of hydrogen-bond acceptors (Lipinski definition) is 2. The van der Waals surface area contributed by atoms with Gasteiger partial charge in [0.2, 0.25) is 5.91 Å². The van der Waals surface area contributed by atoms with Crippen LogP contribution in [0.25, 0.3) is 0 Å². The van der Waals surface area contributed by atoms with Crippen LogP contribution >= 0.6 is 0 Å². The Hall–Kier alpha value is -2.69. The van der Waals surface area contributed by atoms with E-state index in [1.807, 2.05) is 0 Å². The minimum absolute atomic E-state index is 0.230. The van der Waals surface area contributed by atoms with Gasteiger partial charge in [0, 0.05) is 11.3 Å². The van der Waals surface area contributed by atoms with Crippen molar-refractivity contribution >= 4 is 17.6 Å². The summed E-state index contributed by atoms with van der Waals surface area (Å²) in [6, 6.07) is 13.1. The summed E-state index contributed by atoms with van der Waals surface area (Å²) in [4.78, 5) is 23.6. The molecule has 2 aromatic carbocycles. The summed E-state index contributed by atoms with van der Waals surface area (Å²) in [6.45, 7) is 1.60. The Labute approximate surface area is 139 Å². The van der Waals surface area contributed by atoms with Crippen LogP contribution in [0.15, 0.2) is 48.5 Å². The van der Waals surface area contributed by atoms with Gasteiger partial charge in [0.1, 0.15) is 5.82 Å². The molecule has 4 nitrogen and oxygen atoms in total. The van der Waals surface area contributed by atoms with Gasteiger partial charge in [-0.1, -0.05) is 30.3 Å². The van der Waals surface area contributed by atoms with Gasteiger partial charge < -0.3 is 10.4 Å². The molecule has 5 heteroatoms. The third kappa shape index (κ3) is 2.89. The van der Waals surface area contributed by atoms with Crippen molar-refractivity contribution in [3.05, 3.63) is 65.5 Å². The highest BCUT2D eigenvalue weighted by atomic mass is 19.1. The average molecular weight is 327 g/mol. The van der Waals surface area contributed by atoms with Crippen LogP contribution in [0.2, 0.25) is 0 Å². The van der Waals surface area contributed by atoms with Gasteiger partial charge in [-0.25, -0.2) is 4.39 Å². The zero-order valence-corrected chi connectivity index (χ0v) is 13.3. The number of carboxylic acid groups (broad SMARTS) is 1. The van der Waals surface area contributed by atoms with E-state index in [0.29, 0.717) is 29.7 Å². The number of rotatable bonds is 5. The van der Waals surface area contributed by atoms with E-state index >= 15 is 0 Å². The van der Waals surface area contributed by atoms with Crippen molar-refractivity contribution in [2.24, 2.45) is 0 Å². The molecular formula is C19H18FNO3. The summed E-state index contributed by atoms with van der Waals surface area (Å²) < 4.78 is 14.0. The maximum absolute atomic E-state index is 14.0. The van der Waals surface area contributed by atoms with Crippen LogP contribution in [0.3, 0.4) is 0 Å². The molecule has 1 fully saturated rings. The standard InChI is InChI=1S/C19H18FNO3/c1-12(17(22)23)13-6-8-14(9-7-13)21-18(24)19(10-11-19)15-4-2-3-5-16(15)20/h2-9,12H,10-11H2,1H3,(H,21,24)(H,22,23). The second-order valence-electron chi connectivity index (χ2n) is 6.20. The first kappa shape index (κ1) is 16.2. The Morgan fingerprint density at radius 3 is 2.29 bits per heavy atom. The number of carboxylic acids is 1. The summed E-state index contributed by atoms with van der Waals surface area (Å²) >= 11 is 0. The third-order valence-electron chi connectivity index (χ3n) is 4.61. The van der Waals surface area contributed by atoms with Gasteiger partial charge in [0.15, 0.2) is 0 Å². The van der Waals surface area contributed by atoms with Crippen LogP contribution in [0.5, 0.6) is 0 Å². The number of halogens is 1. The van der Waals surface area contributed by atoms with Crippen molar-refractivity contribution in [3.63, 3.8) is 0 Å². The van der Waals surface area contributed by atoms with Crippen LogP contribution in [0.4, 0.5) is 10.1 Å². The van der Waals surface area contributed by atoms with Crippen molar-refractivity contribution in [2.45, 2.75) is 31.1 Å². The summed E-state index contributed by atoms with van der Waals surface area (Å²) in [7, 11) is 0. The van der Waals surface area contributed by atoms with E-state index in [9.17, 15) is 14.0 Å². The number of anilines is 1. The number of hydrogen-bond donors (Lipinski definition) is 2. The maximum Gasteiger partial charge on any atom is 0.310 e. The fraction of sp³-hybridized carbons (Fsp3) is 0.263. The van der Waals surface area contributed by atoms with Crippen molar-refractivity contribution < 1.29 is 19.1 Å². The number of amides is 1. The molecule has 0 aromatic heterocycles. The zero-order valence-electron chi connectivity index (χ0n) is 13.3. The Bertz CT molecular complexity index is 781. The lowest BCUT2D eigenvalue weighted by Crippen LogP contribution is -2.28. The van der Waals surface area contributed by atoms with E-state index in [1.165, 1.54) is 6.07 Å². The Morgan fingerprint density at radius 1 is 1.12 bits per heavy atom. The molecule has 1 aliphatic carbocycles. The van der Waals surface area contributed by atoms with Gasteiger partial charge in [-0.15, -0.1) is 0 Å². The van der Waals surface area contributed by atoms with E-state index in [0.717, 1.165) is 0 Å². The van der Waals surface area contributed by atoms with Crippen molar-refractivity contribution in [2.75, 3.05) is 5.32 Å².